The van der Waals surface area contributed by atoms with Crippen LogP contribution in [0.4, 0.5) is 4.39 Å². The van der Waals surface area contributed by atoms with Crippen LogP contribution in [0.15, 0.2) is 59.3 Å². The van der Waals surface area contributed by atoms with Gasteiger partial charge in [-0.15, -0.1) is 10.2 Å². The van der Waals surface area contributed by atoms with E-state index in [0.29, 0.717) is 11.6 Å². The molecule has 0 saturated heterocycles. The van der Waals surface area contributed by atoms with Crippen molar-refractivity contribution < 1.29 is 13.6 Å². The Hall–Kier alpha value is -3.46. The third kappa shape index (κ3) is 6.78. The van der Waals surface area contributed by atoms with Gasteiger partial charge in [-0.2, -0.15) is 0 Å². The Balaban J connectivity index is 0.000000305. The molecule has 0 aliphatic heterocycles. The van der Waals surface area contributed by atoms with Crippen molar-refractivity contribution in [3.05, 3.63) is 83.3 Å². The van der Waals surface area contributed by atoms with Crippen molar-refractivity contribution in [2.75, 3.05) is 7.05 Å². The number of hydrogen-bond acceptors (Lipinski definition) is 4. The molecule has 1 heterocycles. The average molecular weight is 434 g/mol. The summed E-state index contributed by atoms with van der Waals surface area (Å²) in [7, 11) is 1.89. The molecule has 0 N–H and O–H groups in total. The van der Waals surface area contributed by atoms with Gasteiger partial charge in [0, 0.05) is 36.2 Å². The summed E-state index contributed by atoms with van der Waals surface area (Å²) in [4.78, 5) is 14.4. The van der Waals surface area contributed by atoms with Gasteiger partial charge in [-0.3, -0.25) is 4.79 Å². The minimum atomic E-state index is -0.269. The highest BCUT2D eigenvalue weighted by Gasteiger charge is 2.23. The summed E-state index contributed by atoms with van der Waals surface area (Å²) in [6.07, 6.45) is 7.92. The van der Waals surface area contributed by atoms with E-state index in [2.05, 4.69) is 29.0 Å². The fourth-order valence-electron chi connectivity index (χ4n) is 3.55. The first-order valence-electron chi connectivity index (χ1n) is 11.0. The second kappa shape index (κ2) is 11.8. The number of hydrogen-bond donors (Lipinski definition) is 0. The number of carbonyl (C=O) groups excluding carboxylic acids is 1. The van der Waals surface area contributed by atoms with Crippen LogP contribution in [0.5, 0.6) is 0 Å². The number of benzene rings is 2. The lowest BCUT2D eigenvalue weighted by Crippen LogP contribution is -2.35. The van der Waals surface area contributed by atoms with Crippen molar-refractivity contribution in [1.29, 1.82) is 0 Å². The molecule has 1 amide bonds. The van der Waals surface area contributed by atoms with Crippen LogP contribution < -0.4 is 0 Å². The highest BCUT2D eigenvalue weighted by atomic mass is 19.1. The lowest BCUT2D eigenvalue weighted by atomic mass is 10.1. The third-order valence-corrected chi connectivity index (χ3v) is 5.39. The van der Waals surface area contributed by atoms with Crippen molar-refractivity contribution in [2.45, 2.75) is 51.5 Å². The van der Waals surface area contributed by atoms with Crippen molar-refractivity contribution in [1.82, 2.24) is 15.1 Å². The Morgan fingerprint density at radius 3 is 2.19 bits per heavy atom. The highest BCUT2D eigenvalue weighted by Crippen LogP contribution is 2.23. The predicted octanol–water partition coefficient (Wildman–Crippen LogP) is 5.26. The largest absolute Gasteiger partial charge is 0.428 e. The van der Waals surface area contributed by atoms with E-state index < -0.39 is 0 Å². The first-order chi connectivity index (χ1) is 15.6. The van der Waals surface area contributed by atoms with Crippen LogP contribution in [0.3, 0.4) is 0 Å². The van der Waals surface area contributed by atoms with Gasteiger partial charge in [-0.25, -0.2) is 4.39 Å². The van der Waals surface area contributed by atoms with Crippen molar-refractivity contribution >= 4 is 5.91 Å². The number of nitrogens with zero attached hydrogens (tertiary/aromatic N) is 3. The Kier molecular flexibility index (Phi) is 8.56. The second-order valence-corrected chi connectivity index (χ2v) is 7.77. The minimum absolute atomic E-state index is 0.0694. The molecule has 6 heteroatoms. The van der Waals surface area contributed by atoms with E-state index in [0.717, 1.165) is 42.7 Å². The van der Waals surface area contributed by atoms with Gasteiger partial charge < -0.3 is 9.32 Å². The maximum Gasteiger partial charge on any atom is 0.253 e. The molecule has 3 aromatic rings. The fourth-order valence-corrected chi connectivity index (χ4v) is 3.55. The summed E-state index contributed by atoms with van der Waals surface area (Å²) in [6, 6.07) is 13.8. The number of carbonyl (C=O) groups is 1. The van der Waals surface area contributed by atoms with Gasteiger partial charge >= 0.3 is 0 Å². The van der Waals surface area contributed by atoms with Gasteiger partial charge in [0.15, 0.2) is 0 Å². The van der Waals surface area contributed by atoms with Crippen LogP contribution in [0.2, 0.25) is 0 Å². The molecule has 32 heavy (non-hydrogen) atoms. The first-order valence-corrected chi connectivity index (χ1v) is 11.0. The molecule has 1 fully saturated rings. The van der Waals surface area contributed by atoms with Crippen molar-refractivity contribution in [3.63, 3.8) is 0 Å². The van der Waals surface area contributed by atoms with E-state index in [9.17, 15) is 9.18 Å². The van der Waals surface area contributed by atoms with E-state index in [1.807, 2.05) is 36.2 Å². The molecule has 1 saturated carbocycles. The fraction of sp³-hybridized carbons (Fsp3) is 0.346. The molecule has 1 aliphatic rings. The van der Waals surface area contributed by atoms with E-state index in [4.69, 9.17) is 4.42 Å². The standard InChI is InChI=1S/C21H20FNO.C5H8N2O/c1-23(20-4-2-3-5-20)21(24)18-12-8-16(9-13-18)6-7-17-10-14-19(22)15-11-17;1-2-3-5-7-6-4-8-5/h8-15,20H,2-5H2,1H3;4H,2-3H2,1H3. The number of amides is 1. The van der Waals surface area contributed by atoms with Crippen LogP contribution in [0.1, 0.15) is 66.4 Å². The lowest BCUT2D eigenvalue weighted by Gasteiger charge is -2.24. The lowest BCUT2D eigenvalue weighted by molar-refractivity contribution is 0.0735. The molecule has 166 valence electrons. The quantitative estimate of drug-likeness (QED) is 0.527. The summed E-state index contributed by atoms with van der Waals surface area (Å²) in [5, 5.41) is 7.21. The van der Waals surface area contributed by atoms with Gasteiger partial charge in [0.2, 0.25) is 12.3 Å². The molecule has 1 aromatic heterocycles. The summed E-state index contributed by atoms with van der Waals surface area (Å²) in [5.74, 6) is 6.56. The summed E-state index contributed by atoms with van der Waals surface area (Å²) in [6.45, 7) is 2.07. The molecule has 0 bridgehead atoms. The molecule has 2 aromatic carbocycles. The van der Waals surface area contributed by atoms with Crippen LogP contribution in [0.25, 0.3) is 0 Å². The topological polar surface area (TPSA) is 59.2 Å². The highest BCUT2D eigenvalue weighted by molar-refractivity contribution is 5.94. The summed E-state index contributed by atoms with van der Waals surface area (Å²) >= 11 is 0. The zero-order valence-corrected chi connectivity index (χ0v) is 18.6. The van der Waals surface area contributed by atoms with E-state index in [-0.39, 0.29) is 11.7 Å². The molecular weight excluding hydrogens is 405 g/mol. The smallest absolute Gasteiger partial charge is 0.253 e. The van der Waals surface area contributed by atoms with E-state index >= 15 is 0 Å². The van der Waals surface area contributed by atoms with Crippen LogP contribution in [-0.2, 0) is 6.42 Å². The maximum atomic E-state index is 12.9. The number of rotatable bonds is 4. The van der Waals surface area contributed by atoms with Crippen molar-refractivity contribution in [2.24, 2.45) is 0 Å². The minimum Gasteiger partial charge on any atom is -0.428 e. The summed E-state index contributed by atoms with van der Waals surface area (Å²) in [5.41, 5.74) is 2.29. The molecule has 4 rings (SSSR count). The van der Waals surface area contributed by atoms with E-state index in [1.54, 1.807) is 12.1 Å². The van der Waals surface area contributed by atoms with Gasteiger partial charge in [0.25, 0.3) is 5.91 Å². The number of aryl methyl sites for hydroxylation is 1. The van der Waals surface area contributed by atoms with Crippen LogP contribution in [-0.4, -0.2) is 34.1 Å². The summed E-state index contributed by atoms with van der Waals surface area (Å²) < 4.78 is 17.7. The van der Waals surface area contributed by atoms with Gasteiger partial charge in [-0.05, 0) is 67.8 Å². The maximum absolute atomic E-state index is 12.9. The van der Waals surface area contributed by atoms with Crippen LogP contribution in [0, 0.1) is 17.7 Å². The molecule has 1 aliphatic carbocycles. The second-order valence-electron chi connectivity index (χ2n) is 7.77. The zero-order chi connectivity index (χ0) is 22.8. The Labute approximate surface area is 188 Å². The first kappa shape index (κ1) is 23.2. The van der Waals surface area contributed by atoms with Crippen molar-refractivity contribution in [3.8, 4) is 11.8 Å². The SMILES string of the molecule is CCCc1nnco1.CN(C(=O)c1ccc(C#Cc2ccc(F)cc2)cc1)C1CCCC1. The molecule has 0 spiro atoms. The average Bonchev–Trinajstić information content (AvgIpc) is 3.54. The van der Waals surface area contributed by atoms with Gasteiger partial charge in [-0.1, -0.05) is 31.6 Å². The molecule has 0 unspecified atom stereocenters. The Bertz CT molecular complexity index is 1030. The molecular formula is C26H28FN3O2. The normalized spacial score (nSPS) is 13.0. The van der Waals surface area contributed by atoms with Crippen LogP contribution >= 0.6 is 0 Å². The number of halogens is 1. The predicted molar refractivity (Wildman–Crippen MR) is 121 cm³/mol. The third-order valence-electron chi connectivity index (χ3n) is 5.39. The number of aromatic nitrogens is 2. The molecule has 5 nitrogen and oxygen atoms in total. The molecule has 0 radical (unpaired) electrons. The van der Waals surface area contributed by atoms with E-state index in [1.165, 1.54) is 31.4 Å². The zero-order valence-electron chi connectivity index (χ0n) is 18.6. The van der Waals surface area contributed by atoms with Gasteiger partial charge in [0.1, 0.15) is 5.82 Å². The molecule has 0 atom stereocenters. The Morgan fingerprint density at radius 1 is 1.06 bits per heavy atom. The van der Waals surface area contributed by atoms with Gasteiger partial charge in [0.05, 0.1) is 0 Å². The Morgan fingerprint density at radius 2 is 1.66 bits per heavy atom. The monoisotopic (exact) mass is 433 g/mol.